The van der Waals surface area contributed by atoms with Gasteiger partial charge in [-0.2, -0.15) is 0 Å². The maximum Gasteiger partial charge on any atom is 0.167 e. The van der Waals surface area contributed by atoms with Gasteiger partial charge in [-0.05, 0) is 95.0 Å². The molecular weight excluding hydrogens is 476 g/mol. The van der Waals surface area contributed by atoms with Gasteiger partial charge < -0.3 is 19.3 Å². The first-order valence-electron chi connectivity index (χ1n) is 14.2. The van der Waals surface area contributed by atoms with Crippen molar-refractivity contribution in [3.05, 3.63) is 58.7 Å². The molecule has 0 radical (unpaired) electrons. The van der Waals surface area contributed by atoms with Crippen molar-refractivity contribution in [2.24, 2.45) is 0 Å². The summed E-state index contributed by atoms with van der Waals surface area (Å²) >= 11 is 0. The minimum Gasteiger partial charge on any atom is -0.497 e. The van der Waals surface area contributed by atoms with Crippen molar-refractivity contribution in [3.8, 4) is 11.5 Å². The van der Waals surface area contributed by atoms with Crippen LogP contribution in [0.2, 0.25) is 0 Å². The Morgan fingerprint density at radius 3 is 1.79 bits per heavy atom. The smallest absolute Gasteiger partial charge is 0.167 e. The highest BCUT2D eigenvalue weighted by Gasteiger charge is 2.16. The van der Waals surface area contributed by atoms with Crippen LogP contribution in [0, 0.1) is 13.8 Å². The number of ketones is 2. The average molecular weight is 523 g/mol. The number of methoxy groups -OCH3 is 2. The Morgan fingerprint density at radius 1 is 0.684 bits per heavy atom. The third kappa shape index (κ3) is 9.25. The zero-order valence-corrected chi connectivity index (χ0v) is 23.9. The number of aryl methyl sites for hydroxylation is 2. The van der Waals surface area contributed by atoms with E-state index in [1.165, 1.54) is 62.7 Å². The van der Waals surface area contributed by atoms with Gasteiger partial charge in [-0.1, -0.05) is 25.0 Å². The molecule has 208 valence electrons. The molecule has 6 nitrogen and oxygen atoms in total. The van der Waals surface area contributed by atoms with Gasteiger partial charge in [-0.25, -0.2) is 0 Å². The molecule has 2 aliphatic rings. The summed E-state index contributed by atoms with van der Waals surface area (Å²) in [5.41, 5.74) is 3.97. The van der Waals surface area contributed by atoms with Crippen molar-refractivity contribution in [2.75, 3.05) is 53.5 Å². The predicted molar refractivity (Wildman–Crippen MR) is 154 cm³/mol. The van der Waals surface area contributed by atoms with Crippen LogP contribution in [-0.2, 0) is 0 Å². The number of benzene rings is 2. The van der Waals surface area contributed by atoms with Crippen molar-refractivity contribution in [1.82, 2.24) is 9.80 Å². The molecule has 0 bridgehead atoms. The molecule has 0 aliphatic carbocycles. The lowest BCUT2D eigenvalue weighted by molar-refractivity contribution is 0.0949. The Bertz CT molecular complexity index is 1040. The van der Waals surface area contributed by atoms with E-state index in [2.05, 4.69) is 23.6 Å². The lowest BCUT2D eigenvalue weighted by Gasteiger charge is -2.26. The molecule has 0 saturated carbocycles. The first-order valence-corrected chi connectivity index (χ1v) is 14.2. The van der Waals surface area contributed by atoms with Crippen LogP contribution in [0.3, 0.4) is 0 Å². The predicted octanol–water partition coefficient (Wildman–Crippen LogP) is 6.12. The zero-order chi connectivity index (χ0) is 27.3. The third-order valence-corrected chi connectivity index (χ3v) is 7.75. The summed E-state index contributed by atoms with van der Waals surface area (Å²) in [5, 5.41) is 0. The van der Waals surface area contributed by atoms with Gasteiger partial charge in [0.1, 0.15) is 11.5 Å². The number of likely N-dealkylation sites (tertiary alicyclic amines) is 2. The van der Waals surface area contributed by atoms with Gasteiger partial charge >= 0.3 is 0 Å². The van der Waals surface area contributed by atoms with E-state index in [0.29, 0.717) is 29.9 Å². The first kappa shape index (κ1) is 29.9. The Labute approximate surface area is 229 Å². The highest BCUT2D eigenvalue weighted by Crippen LogP contribution is 2.26. The van der Waals surface area contributed by atoms with Crippen molar-refractivity contribution in [1.29, 1.82) is 0 Å². The summed E-state index contributed by atoms with van der Waals surface area (Å²) in [6, 6.07) is 11.4. The quantitative estimate of drug-likeness (QED) is 0.350. The normalized spacial score (nSPS) is 16.3. The Balaban J connectivity index is 0.000000212. The van der Waals surface area contributed by atoms with Crippen LogP contribution in [0.1, 0.15) is 83.2 Å². The first-order chi connectivity index (χ1) is 18.4. The highest BCUT2D eigenvalue weighted by molar-refractivity contribution is 5.99. The summed E-state index contributed by atoms with van der Waals surface area (Å²) < 4.78 is 10.4. The Morgan fingerprint density at radius 2 is 1.26 bits per heavy atom. The number of ether oxygens (including phenoxy) is 2. The SMILES string of the molecule is COc1ccc(C(=O)CCN2CCCCC2)c(OC)c1.Cc1ccc(C(=O)CCN2CCCCC2)cc1C. The van der Waals surface area contributed by atoms with Gasteiger partial charge in [0.2, 0.25) is 0 Å². The number of Topliss-reactive ketones (excluding diaryl/α,β-unsaturated/α-hetero) is 2. The maximum atomic E-state index is 12.3. The molecule has 38 heavy (non-hydrogen) atoms. The van der Waals surface area contributed by atoms with E-state index in [1.807, 2.05) is 18.2 Å². The van der Waals surface area contributed by atoms with Crippen molar-refractivity contribution in [2.45, 2.75) is 65.2 Å². The van der Waals surface area contributed by atoms with Gasteiger partial charge in [0, 0.05) is 37.6 Å². The monoisotopic (exact) mass is 522 g/mol. The van der Waals surface area contributed by atoms with Gasteiger partial charge in [-0.15, -0.1) is 0 Å². The molecule has 2 aromatic rings. The van der Waals surface area contributed by atoms with E-state index < -0.39 is 0 Å². The highest BCUT2D eigenvalue weighted by atomic mass is 16.5. The number of carbonyl (C=O) groups excluding carboxylic acids is 2. The van der Waals surface area contributed by atoms with E-state index in [1.54, 1.807) is 32.4 Å². The van der Waals surface area contributed by atoms with E-state index in [-0.39, 0.29) is 11.6 Å². The molecule has 2 fully saturated rings. The van der Waals surface area contributed by atoms with Crippen molar-refractivity contribution >= 4 is 11.6 Å². The topological polar surface area (TPSA) is 59.1 Å². The molecule has 0 amide bonds. The Hall–Kier alpha value is -2.70. The molecule has 2 aromatic carbocycles. The summed E-state index contributed by atoms with van der Waals surface area (Å²) in [6.45, 7) is 10.5. The second-order valence-electron chi connectivity index (χ2n) is 10.5. The summed E-state index contributed by atoms with van der Waals surface area (Å²) in [4.78, 5) is 29.2. The van der Waals surface area contributed by atoms with Crippen LogP contribution >= 0.6 is 0 Å². The molecule has 2 aliphatic heterocycles. The summed E-state index contributed by atoms with van der Waals surface area (Å²) in [5.74, 6) is 1.71. The van der Waals surface area contributed by atoms with Crippen molar-refractivity contribution in [3.63, 3.8) is 0 Å². The molecule has 0 atom stereocenters. The molecule has 2 heterocycles. The summed E-state index contributed by atoms with van der Waals surface area (Å²) in [7, 11) is 3.18. The minimum absolute atomic E-state index is 0.134. The molecular formula is C32H46N2O4. The number of piperidine rings is 2. The van der Waals surface area contributed by atoms with E-state index >= 15 is 0 Å². The fourth-order valence-corrected chi connectivity index (χ4v) is 5.11. The zero-order valence-electron chi connectivity index (χ0n) is 23.9. The Kier molecular flexibility index (Phi) is 12.3. The number of rotatable bonds is 10. The second kappa shape index (κ2) is 15.6. The van der Waals surface area contributed by atoms with Gasteiger partial charge in [0.25, 0.3) is 0 Å². The largest absolute Gasteiger partial charge is 0.497 e. The number of carbonyl (C=O) groups is 2. The number of hydrogen-bond acceptors (Lipinski definition) is 6. The van der Waals surface area contributed by atoms with E-state index in [9.17, 15) is 9.59 Å². The molecule has 0 spiro atoms. The van der Waals surface area contributed by atoms with Crippen LogP contribution in [0.4, 0.5) is 0 Å². The fraction of sp³-hybridized carbons (Fsp3) is 0.562. The van der Waals surface area contributed by atoms with Crippen LogP contribution in [0.15, 0.2) is 36.4 Å². The number of nitrogens with zero attached hydrogens (tertiary/aromatic N) is 2. The maximum absolute atomic E-state index is 12.3. The lowest BCUT2D eigenvalue weighted by Crippen LogP contribution is -2.31. The summed E-state index contributed by atoms with van der Waals surface area (Å²) in [6.07, 6.45) is 8.94. The standard InChI is InChI=1S/C16H23NO3.C16H23NO/c1-19-13-6-7-14(16(12-13)20-2)15(18)8-11-17-9-4-3-5-10-17;1-13-6-7-15(12-14(13)2)16(18)8-11-17-9-4-3-5-10-17/h6-7,12H,3-5,8-11H2,1-2H3;6-7,12H,3-5,8-11H2,1-2H3. The minimum atomic E-state index is 0.134. The van der Waals surface area contributed by atoms with Gasteiger partial charge in [0.05, 0.1) is 19.8 Å². The number of hydrogen-bond donors (Lipinski definition) is 0. The van der Waals surface area contributed by atoms with Crippen LogP contribution in [0.5, 0.6) is 11.5 Å². The molecule has 0 unspecified atom stereocenters. The van der Waals surface area contributed by atoms with Crippen LogP contribution in [-0.4, -0.2) is 74.9 Å². The fourth-order valence-electron chi connectivity index (χ4n) is 5.11. The third-order valence-electron chi connectivity index (χ3n) is 7.75. The van der Waals surface area contributed by atoms with E-state index in [4.69, 9.17) is 9.47 Å². The van der Waals surface area contributed by atoms with Gasteiger partial charge in [-0.3, -0.25) is 9.59 Å². The molecule has 6 heteroatoms. The molecule has 4 rings (SSSR count). The van der Waals surface area contributed by atoms with E-state index in [0.717, 1.165) is 31.7 Å². The van der Waals surface area contributed by atoms with Gasteiger partial charge in [0.15, 0.2) is 11.6 Å². The van der Waals surface area contributed by atoms with Crippen molar-refractivity contribution < 1.29 is 19.1 Å². The second-order valence-corrected chi connectivity index (χ2v) is 10.5. The average Bonchev–Trinajstić information content (AvgIpc) is 2.97. The lowest BCUT2D eigenvalue weighted by atomic mass is 10.0. The molecule has 2 saturated heterocycles. The van der Waals surface area contributed by atoms with Crippen LogP contribution < -0.4 is 9.47 Å². The molecule has 0 aromatic heterocycles. The van der Waals surface area contributed by atoms with Crippen LogP contribution in [0.25, 0.3) is 0 Å². The molecule has 0 N–H and O–H groups in total.